The molecule has 1 N–H and O–H groups in total. The van der Waals surface area contributed by atoms with Crippen LogP contribution in [0.4, 0.5) is 5.69 Å². The molecule has 1 heterocycles. The Morgan fingerprint density at radius 1 is 1.07 bits per heavy atom. The number of carbonyl (C=O) groups is 1. The lowest BCUT2D eigenvalue weighted by molar-refractivity contribution is -0.113. The molecule has 0 spiro atoms. The van der Waals surface area contributed by atoms with Gasteiger partial charge in [-0.05, 0) is 40.1 Å². The number of nitrogens with zero attached hydrogens (tertiary/aromatic N) is 4. The number of hydrogen-bond acceptors (Lipinski definition) is 5. The Balaban J connectivity index is 1.51. The monoisotopic (exact) mass is 429 g/mol. The summed E-state index contributed by atoms with van der Waals surface area (Å²) in [6.45, 7) is 0. The Morgan fingerprint density at radius 3 is 2.75 bits per heavy atom. The molecule has 0 aliphatic rings. The van der Waals surface area contributed by atoms with Gasteiger partial charge in [-0.3, -0.25) is 4.79 Å². The summed E-state index contributed by atoms with van der Waals surface area (Å²) < 4.78 is 1.63. The van der Waals surface area contributed by atoms with Gasteiger partial charge in [-0.15, -0.1) is 5.10 Å². The molecule has 140 valence electrons. The fraction of sp³-hybridized carbons (Fsp3) is 0.0526. The first-order chi connectivity index (χ1) is 13.6. The third-order valence-corrected chi connectivity index (χ3v) is 5.44. The van der Waals surface area contributed by atoms with Gasteiger partial charge in [-0.2, -0.15) is 4.68 Å². The van der Waals surface area contributed by atoms with E-state index < -0.39 is 0 Å². The molecule has 3 aromatic carbocycles. The Kier molecular flexibility index (Phi) is 5.47. The van der Waals surface area contributed by atoms with Crippen molar-refractivity contribution in [3.8, 4) is 5.69 Å². The second-order valence-corrected chi connectivity index (χ2v) is 7.62. The molecule has 4 aromatic rings. The van der Waals surface area contributed by atoms with Gasteiger partial charge in [0.05, 0.1) is 22.2 Å². The summed E-state index contributed by atoms with van der Waals surface area (Å²) >= 11 is 13.2. The molecule has 1 aromatic heterocycles. The summed E-state index contributed by atoms with van der Waals surface area (Å²) in [5, 5.41) is 18.2. The van der Waals surface area contributed by atoms with Crippen molar-refractivity contribution in [2.45, 2.75) is 5.16 Å². The van der Waals surface area contributed by atoms with E-state index in [1.54, 1.807) is 22.9 Å². The molecule has 0 fully saturated rings. The van der Waals surface area contributed by atoms with Gasteiger partial charge in [-0.1, -0.05) is 71.4 Å². The number of hydrogen-bond donors (Lipinski definition) is 1. The van der Waals surface area contributed by atoms with Gasteiger partial charge in [0.15, 0.2) is 0 Å². The van der Waals surface area contributed by atoms with Crippen LogP contribution in [0.1, 0.15) is 0 Å². The fourth-order valence-electron chi connectivity index (χ4n) is 2.72. The number of thioether (sulfide) groups is 1. The summed E-state index contributed by atoms with van der Waals surface area (Å²) in [6.07, 6.45) is 0. The van der Waals surface area contributed by atoms with Crippen molar-refractivity contribution in [2.24, 2.45) is 0 Å². The lowest BCUT2D eigenvalue weighted by Gasteiger charge is -2.09. The molecule has 0 radical (unpaired) electrons. The van der Waals surface area contributed by atoms with Gasteiger partial charge in [-0.25, -0.2) is 0 Å². The number of aromatic nitrogens is 4. The number of fused-ring (bicyclic) bond motifs is 1. The van der Waals surface area contributed by atoms with Crippen molar-refractivity contribution in [3.63, 3.8) is 0 Å². The Labute approximate surface area is 174 Å². The van der Waals surface area contributed by atoms with Gasteiger partial charge in [0.2, 0.25) is 11.1 Å². The van der Waals surface area contributed by atoms with E-state index in [1.807, 2.05) is 42.5 Å². The zero-order valence-corrected chi connectivity index (χ0v) is 16.7. The van der Waals surface area contributed by atoms with E-state index in [4.69, 9.17) is 23.2 Å². The quantitative estimate of drug-likeness (QED) is 0.458. The summed E-state index contributed by atoms with van der Waals surface area (Å²) in [6, 6.07) is 18.8. The summed E-state index contributed by atoms with van der Waals surface area (Å²) in [5.41, 5.74) is 1.36. The summed E-state index contributed by atoms with van der Waals surface area (Å²) in [4.78, 5) is 12.3. The van der Waals surface area contributed by atoms with E-state index >= 15 is 0 Å². The molecule has 0 aliphatic heterocycles. The first-order valence-electron chi connectivity index (χ1n) is 8.26. The van der Waals surface area contributed by atoms with Gasteiger partial charge in [0.1, 0.15) is 0 Å². The predicted molar refractivity (Wildman–Crippen MR) is 112 cm³/mol. The molecule has 28 heavy (non-hydrogen) atoms. The van der Waals surface area contributed by atoms with Crippen LogP contribution in [-0.4, -0.2) is 31.9 Å². The highest BCUT2D eigenvalue weighted by Gasteiger charge is 2.14. The molecular formula is C19H13Cl2N5OS. The van der Waals surface area contributed by atoms with Gasteiger partial charge >= 0.3 is 0 Å². The second-order valence-electron chi connectivity index (χ2n) is 5.83. The molecule has 0 unspecified atom stereocenters. The number of benzene rings is 3. The minimum atomic E-state index is -0.221. The molecular weight excluding hydrogens is 417 g/mol. The predicted octanol–water partition coefficient (Wildman–Crippen LogP) is 4.85. The normalized spacial score (nSPS) is 10.9. The van der Waals surface area contributed by atoms with Crippen LogP contribution in [0.2, 0.25) is 10.0 Å². The van der Waals surface area contributed by atoms with Crippen molar-refractivity contribution >= 4 is 57.3 Å². The highest BCUT2D eigenvalue weighted by molar-refractivity contribution is 7.99. The second kappa shape index (κ2) is 8.18. The first kappa shape index (κ1) is 18.7. The Hall–Kier alpha value is -2.61. The van der Waals surface area contributed by atoms with Crippen molar-refractivity contribution in [2.75, 3.05) is 11.1 Å². The number of amides is 1. The fourth-order valence-corrected chi connectivity index (χ4v) is 3.86. The lowest BCUT2D eigenvalue weighted by atomic mass is 10.1. The molecule has 4 rings (SSSR count). The highest BCUT2D eigenvalue weighted by Crippen LogP contribution is 2.27. The van der Waals surface area contributed by atoms with Crippen LogP contribution in [-0.2, 0) is 4.79 Å². The molecule has 1 amide bonds. The topological polar surface area (TPSA) is 72.7 Å². The van der Waals surface area contributed by atoms with E-state index in [0.717, 1.165) is 16.5 Å². The van der Waals surface area contributed by atoms with Crippen LogP contribution in [0.3, 0.4) is 0 Å². The number of halogens is 2. The van der Waals surface area contributed by atoms with E-state index in [0.29, 0.717) is 20.9 Å². The molecule has 0 bridgehead atoms. The number of rotatable bonds is 5. The molecule has 9 heteroatoms. The van der Waals surface area contributed by atoms with E-state index in [1.165, 1.54) is 11.8 Å². The van der Waals surface area contributed by atoms with Crippen molar-refractivity contribution in [1.29, 1.82) is 0 Å². The Bertz CT molecular complexity index is 1160. The third-order valence-electron chi connectivity index (χ3n) is 3.97. The molecule has 0 saturated carbocycles. The number of nitrogens with one attached hydrogen (secondary N) is 1. The minimum Gasteiger partial charge on any atom is -0.324 e. The van der Waals surface area contributed by atoms with Crippen molar-refractivity contribution in [1.82, 2.24) is 20.2 Å². The highest BCUT2D eigenvalue weighted by atomic mass is 35.5. The average Bonchev–Trinajstić information content (AvgIpc) is 3.16. The maximum Gasteiger partial charge on any atom is 0.234 e. The van der Waals surface area contributed by atoms with Crippen LogP contribution in [0.15, 0.2) is 65.8 Å². The molecule has 6 nitrogen and oxygen atoms in total. The van der Waals surface area contributed by atoms with Crippen LogP contribution in [0.25, 0.3) is 16.5 Å². The number of tetrazole rings is 1. The van der Waals surface area contributed by atoms with Crippen LogP contribution >= 0.6 is 35.0 Å². The van der Waals surface area contributed by atoms with Gasteiger partial charge in [0.25, 0.3) is 0 Å². The van der Waals surface area contributed by atoms with Gasteiger partial charge < -0.3 is 5.32 Å². The van der Waals surface area contributed by atoms with Crippen molar-refractivity contribution in [3.05, 3.63) is 70.7 Å². The minimum absolute atomic E-state index is 0.129. The standard InChI is InChI=1S/C19H13Cl2N5OS/c20-13-8-9-16(15(21)10-13)22-18(27)11-28-19-23-24-25-26(19)17-7-3-5-12-4-1-2-6-14(12)17/h1-10H,11H2,(H,22,27). The number of carbonyl (C=O) groups excluding carboxylic acids is 1. The molecule has 0 saturated heterocycles. The average molecular weight is 430 g/mol. The van der Waals surface area contributed by atoms with Crippen LogP contribution in [0, 0.1) is 0 Å². The van der Waals surface area contributed by atoms with Crippen LogP contribution in [0.5, 0.6) is 0 Å². The smallest absolute Gasteiger partial charge is 0.234 e. The SMILES string of the molecule is O=C(CSc1nnnn1-c1cccc2ccccc12)Nc1ccc(Cl)cc1Cl. The Morgan fingerprint density at radius 2 is 1.89 bits per heavy atom. The van der Waals surface area contributed by atoms with E-state index in [-0.39, 0.29) is 11.7 Å². The summed E-state index contributed by atoms with van der Waals surface area (Å²) in [5.74, 6) is -0.0916. The lowest BCUT2D eigenvalue weighted by Crippen LogP contribution is -2.15. The summed E-state index contributed by atoms with van der Waals surface area (Å²) in [7, 11) is 0. The van der Waals surface area contributed by atoms with E-state index in [2.05, 4.69) is 20.8 Å². The van der Waals surface area contributed by atoms with Gasteiger partial charge in [0, 0.05) is 10.4 Å². The molecule has 0 aliphatic carbocycles. The maximum absolute atomic E-state index is 12.3. The molecule has 0 atom stereocenters. The van der Waals surface area contributed by atoms with Crippen molar-refractivity contribution < 1.29 is 4.79 Å². The maximum atomic E-state index is 12.3. The zero-order valence-electron chi connectivity index (χ0n) is 14.3. The largest absolute Gasteiger partial charge is 0.324 e. The number of anilines is 1. The zero-order chi connectivity index (χ0) is 19.5. The third kappa shape index (κ3) is 3.96. The van der Waals surface area contributed by atoms with E-state index in [9.17, 15) is 4.79 Å². The first-order valence-corrected chi connectivity index (χ1v) is 10.0. The van der Waals surface area contributed by atoms with Crippen LogP contribution < -0.4 is 5.32 Å².